The Bertz CT molecular complexity index is 355. The van der Waals surface area contributed by atoms with Crippen molar-refractivity contribution in [2.45, 2.75) is 71.4 Å². The first-order chi connectivity index (χ1) is 9.33. The summed E-state index contributed by atoms with van der Waals surface area (Å²) in [6.07, 6.45) is 10.9. The van der Waals surface area contributed by atoms with E-state index in [0.29, 0.717) is 6.04 Å². The molecule has 1 unspecified atom stereocenters. The van der Waals surface area contributed by atoms with Crippen molar-refractivity contribution in [3.63, 3.8) is 0 Å². The molecular weight excluding hydrogens is 236 g/mol. The Morgan fingerprint density at radius 2 is 2.16 bits per heavy atom. The number of hydrogen-bond acceptors (Lipinski definition) is 3. The lowest BCUT2D eigenvalue weighted by Crippen LogP contribution is -2.34. The van der Waals surface area contributed by atoms with E-state index in [0.717, 1.165) is 31.3 Å². The molecule has 1 atom stereocenters. The number of aryl methyl sites for hydroxylation is 1. The first kappa shape index (κ1) is 14.5. The predicted molar refractivity (Wildman–Crippen MR) is 78.1 cm³/mol. The third kappa shape index (κ3) is 4.30. The number of aromatic nitrogens is 3. The highest BCUT2D eigenvalue weighted by molar-refractivity contribution is 4.91. The quantitative estimate of drug-likeness (QED) is 0.785. The van der Waals surface area contributed by atoms with Crippen LogP contribution in [0, 0.1) is 5.92 Å². The Hall–Kier alpha value is -0.900. The summed E-state index contributed by atoms with van der Waals surface area (Å²) in [4.78, 5) is 4.42. The molecule has 2 rings (SSSR count). The van der Waals surface area contributed by atoms with Gasteiger partial charge in [0.1, 0.15) is 12.2 Å². The molecule has 1 heterocycles. The molecule has 108 valence electrons. The summed E-state index contributed by atoms with van der Waals surface area (Å²) in [5.41, 5.74) is 0. The SMILES string of the molecule is CCCNC(Cc1ncnn1CC)CC1CCCC1. The average Bonchev–Trinajstić information content (AvgIpc) is 3.07. The number of nitrogens with zero attached hydrogens (tertiary/aromatic N) is 3. The van der Waals surface area contributed by atoms with Gasteiger partial charge in [-0.3, -0.25) is 4.68 Å². The lowest BCUT2D eigenvalue weighted by atomic mass is 9.96. The summed E-state index contributed by atoms with van der Waals surface area (Å²) in [6.45, 7) is 6.38. The number of hydrogen-bond donors (Lipinski definition) is 1. The van der Waals surface area contributed by atoms with Crippen LogP contribution in [0.5, 0.6) is 0 Å². The van der Waals surface area contributed by atoms with Crippen molar-refractivity contribution in [3.05, 3.63) is 12.2 Å². The van der Waals surface area contributed by atoms with Crippen molar-refractivity contribution >= 4 is 0 Å². The Morgan fingerprint density at radius 3 is 2.84 bits per heavy atom. The zero-order chi connectivity index (χ0) is 13.5. The van der Waals surface area contributed by atoms with Crippen LogP contribution in [-0.2, 0) is 13.0 Å². The fraction of sp³-hybridized carbons (Fsp3) is 0.867. The topological polar surface area (TPSA) is 42.7 Å². The van der Waals surface area contributed by atoms with Gasteiger partial charge in [0, 0.05) is 19.0 Å². The van der Waals surface area contributed by atoms with E-state index in [-0.39, 0.29) is 0 Å². The highest BCUT2D eigenvalue weighted by Gasteiger charge is 2.21. The number of rotatable bonds is 8. The molecule has 0 aromatic carbocycles. The molecule has 1 fully saturated rings. The zero-order valence-corrected chi connectivity index (χ0v) is 12.4. The molecule has 4 heteroatoms. The molecule has 0 bridgehead atoms. The third-order valence-corrected chi connectivity index (χ3v) is 4.20. The Labute approximate surface area is 117 Å². The van der Waals surface area contributed by atoms with Crippen LogP contribution in [0.4, 0.5) is 0 Å². The summed E-state index contributed by atoms with van der Waals surface area (Å²) in [5, 5.41) is 7.98. The van der Waals surface area contributed by atoms with Crippen molar-refractivity contribution < 1.29 is 0 Å². The van der Waals surface area contributed by atoms with E-state index >= 15 is 0 Å². The van der Waals surface area contributed by atoms with Gasteiger partial charge in [-0.15, -0.1) is 0 Å². The fourth-order valence-electron chi connectivity index (χ4n) is 3.17. The molecule has 1 aromatic rings. The average molecular weight is 264 g/mol. The molecule has 0 spiro atoms. The molecule has 0 radical (unpaired) electrons. The summed E-state index contributed by atoms with van der Waals surface area (Å²) in [7, 11) is 0. The standard InChI is InChI=1S/C15H28N4/c1-3-9-16-14(10-13-7-5-6-8-13)11-15-17-12-18-19(15)4-2/h12-14,16H,3-11H2,1-2H3. The summed E-state index contributed by atoms with van der Waals surface area (Å²) < 4.78 is 2.02. The normalized spacial score (nSPS) is 18.0. The van der Waals surface area contributed by atoms with Gasteiger partial charge in [-0.2, -0.15) is 5.10 Å². The minimum absolute atomic E-state index is 0.567. The van der Waals surface area contributed by atoms with E-state index in [2.05, 4.69) is 29.2 Å². The van der Waals surface area contributed by atoms with E-state index in [1.807, 2.05) is 4.68 Å². The second-order valence-electron chi connectivity index (χ2n) is 5.73. The monoisotopic (exact) mass is 264 g/mol. The molecule has 0 amide bonds. The van der Waals surface area contributed by atoms with Gasteiger partial charge in [0.15, 0.2) is 0 Å². The first-order valence-corrected chi connectivity index (χ1v) is 7.93. The molecule has 0 aliphatic heterocycles. The van der Waals surface area contributed by atoms with Crippen LogP contribution < -0.4 is 5.32 Å². The highest BCUT2D eigenvalue weighted by Crippen LogP contribution is 2.29. The molecule has 1 aromatic heterocycles. The molecule has 1 N–H and O–H groups in total. The van der Waals surface area contributed by atoms with Crippen LogP contribution in [-0.4, -0.2) is 27.4 Å². The maximum Gasteiger partial charge on any atom is 0.138 e. The smallest absolute Gasteiger partial charge is 0.138 e. The highest BCUT2D eigenvalue weighted by atomic mass is 15.3. The molecule has 19 heavy (non-hydrogen) atoms. The maximum atomic E-state index is 4.42. The van der Waals surface area contributed by atoms with Crippen LogP contribution in [0.2, 0.25) is 0 Å². The van der Waals surface area contributed by atoms with E-state index in [1.165, 1.54) is 38.5 Å². The molecule has 4 nitrogen and oxygen atoms in total. The van der Waals surface area contributed by atoms with E-state index in [4.69, 9.17) is 0 Å². The van der Waals surface area contributed by atoms with E-state index < -0.39 is 0 Å². The second kappa shape index (κ2) is 7.63. The van der Waals surface area contributed by atoms with Gasteiger partial charge in [-0.25, -0.2) is 4.98 Å². The molecular formula is C15H28N4. The van der Waals surface area contributed by atoms with Gasteiger partial charge in [0.2, 0.25) is 0 Å². The maximum absolute atomic E-state index is 4.42. The van der Waals surface area contributed by atoms with Gasteiger partial charge >= 0.3 is 0 Å². The van der Waals surface area contributed by atoms with Gasteiger partial charge in [-0.1, -0.05) is 32.6 Å². The van der Waals surface area contributed by atoms with Crippen LogP contribution >= 0.6 is 0 Å². The van der Waals surface area contributed by atoms with Crippen LogP contribution in [0.3, 0.4) is 0 Å². The number of nitrogens with one attached hydrogen (secondary N) is 1. The minimum atomic E-state index is 0.567. The van der Waals surface area contributed by atoms with Gasteiger partial charge in [0.05, 0.1) is 0 Å². The van der Waals surface area contributed by atoms with Gasteiger partial charge < -0.3 is 5.32 Å². The molecule has 0 saturated heterocycles. The van der Waals surface area contributed by atoms with Crippen LogP contribution in [0.25, 0.3) is 0 Å². The third-order valence-electron chi connectivity index (χ3n) is 4.20. The minimum Gasteiger partial charge on any atom is -0.314 e. The molecule has 1 aliphatic rings. The Morgan fingerprint density at radius 1 is 1.37 bits per heavy atom. The van der Waals surface area contributed by atoms with Crippen molar-refractivity contribution in [2.24, 2.45) is 5.92 Å². The summed E-state index contributed by atoms with van der Waals surface area (Å²) in [6, 6.07) is 0.567. The van der Waals surface area contributed by atoms with Gasteiger partial charge in [-0.05, 0) is 32.2 Å². The largest absolute Gasteiger partial charge is 0.314 e. The second-order valence-corrected chi connectivity index (χ2v) is 5.73. The predicted octanol–water partition coefficient (Wildman–Crippen LogP) is 2.79. The lowest BCUT2D eigenvalue weighted by molar-refractivity contribution is 0.376. The lowest BCUT2D eigenvalue weighted by Gasteiger charge is -2.21. The van der Waals surface area contributed by atoms with E-state index in [1.54, 1.807) is 6.33 Å². The summed E-state index contributed by atoms with van der Waals surface area (Å²) in [5.74, 6) is 2.06. The fourth-order valence-corrected chi connectivity index (χ4v) is 3.17. The molecule has 1 aliphatic carbocycles. The Balaban J connectivity index is 1.92. The van der Waals surface area contributed by atoms with Crippen molar-refractivity contribution in [1.29, 1.82) is 0 Å². The van der Waals surface area contributed by atoms with Crippen molar-refractivity contribution in [1.82, 2.24) is 20.1 Å². The molecule has 1 saturated carbocycles. The van der Waals surface area contributed by atoms with Crippen LogP contribution in [0.1, 0.15) is 58.2 Å². The van der Waals surface area contributed by atoms with Crippen molar-refractivity contribution in [2.75, 3.05) is 6.54 Å². The Kier molecular flexibility index (Phi) is 5.83. The van der Waals surface area contributed by atoms with Crippen LogP contribution in [0.15, 0.2) is 6.33 Å². The first-order valence-electron chi connectivity index (χ1n) is 7.93. The van der Waals surface area contributed by atoms with Crippen molar-refractivity contribution in [3.8, 4) is 0 Å². The van der Waals surface area contributed by atoms with Gasteiger partial charge in [0.25, 0.3) is 0 Å². The summed E-state index contributed by atoms with van der Waals surface area (Å²) >= 11 is 0. The van der Waals surface area contributed by atoms with E-state index in [9.17, 15) is 0 Å². The zero-order valence-electron chi connectivity index (χ0n) is 12.4.